The first-order valence-corrected chi connectivity index (χ1v) is 48.7. The van der Waals surface area contributed by atoms with Gasteiger partial charge in [-0.15, -0.1) is 0 Å². The average Bonchev–Trinajstić information content (AvgIpc) is 0.901. The molecule has 0 saturated heterocycles. The van der Waals surface area contributed by atoms with Gasteiger partial charge in [0.05, 0.1) is 26.4 Å². The van der Waals surface area contributed by atoms with Crippen LogP contribution in [-0.2, 0) is 65.4 Å². The summed E-state index contributed by atoms with van der Waals surface area (Å²) < 4.78 is 69.0. The second-order valence-corrected chi connectivity index (χ2v) is 34.8. The molecule has 0 fully saturated rings. The van der Waals surface area contributed by atoms with Crippen molar-refractivity contribution in [3.8, 4) is 0 Å². The van der Waals surface area contributed by atoms with Gasteiger partial charge in [0.2, 0.25) is 0 Å². The number of aliphatic hydroxyl groups excluding tert-OH is 1. The van der Waals surface area contributed by atoms with E-state index < -0.39 is 97.5 Å². The highest BCUT2D eigenvalue weighted by Crippen LogP contribution is 2.45. The molecule has 0 bridgehead atoms. The molecule has 0 spiro atoms. The summed E-state index contributed by atoms with van der Waals surface area (Å²) in [5.41, 5.74) is 0. The van der Waals surface area contributed by atoms with Crippen molar-refractivity contribution in [1.29, 1.82) is 0 Å². The van der Waals surface area contributed by atoms with Crippen molar-refractivity contribution in [3.05, 3.63) is 0 Å². The summed E-state index contributed by atoms with van der Waals surface area (Å²) in [5.74, 6) is -1.22. The van der Waals surface area contributed by atoms with E-state index in [2.05, 4.69) is 34.6 Å². The minimum absolute atomic E-state index is 0.109. The van der Waals surface area contributed by atoms with E-state index in [1.165, 1.54) is 302 Å². The summed E-state index contributed by atoms with van der Waals surface area (Å²) >= 11 is 0. The van der Waals surface area contributed by atoms with Crippen molar-refractivity contribution in [3.63, 3.8) is 0 Å². The molecule has 0 aliphatic rings. The molecule has 0 radical (unpaired) electrons. The molecule has 636 valence electrons. The SMILES string of the molecule is CCCCCCCCCCCCCCCCCCCCCC(=O)OC[C@H](COP(=O)(O)OC[C@@H](O)COP(=O)(O)OC[C@@H](COC(=O)CCCCCCCCCCCCCC)OC(=O)CCCCCCCCCCCCCCCC)OC(=O)CCCCCCCCCCCCCCCCCCCCC(C)CC. The van der Waals surface area contributed by atoms with Gasteiger partial charge in [-0.1, -0.05) is 426 Å². The molecular weight excluding hydrogens is 1390 g/mol. The monoisotopic (exact) mass is 1560 g/mol. The van der Waals surface area contributed by atoms with Crippen molar-refractivity contribution < 1.29 is 80.2 Å². The van der Waals surface area contributed by atoms with E-state index in [0.29, 0.717) is 25.7 Å². The van der Waals surface area contributed by atoms with E-state index in [4.69, 9.17) is 37.0 Å². The van der Waals surface area contributed by atoms with Gasteiger partial charge in [0.15, 0.2) is 12.2 Å². The van der Waals surface area contributed by atoms with Crippen molar-refractivity contribution in [2.75, 3.05) is 39.6 Å². The summed E-state index contributed by atoms with van der Waals surface area (Å²) in [6.45, 7) is 7.45. The Hall–Kier alpha value is -1.94. The third kappa shape index (κ3) is 80.5. The number of aliphatic hydroxyl groups is 1. The van der Waals surface area contributed by atoms with Crippen LogP contribution in [0.4, 0.5) is 0 Å². The van der Waals surface area contributed by atoms with Crippen LogP contribution in [0.1, 0.15) is 478 Å². The summed E-state index contributed by atoms with van der Waals surface area (Å²) in [5, 5.41) is 10.7. The van der Waals surface area contributed by atoms with Crippen molar-refractivity contribution in [2.45, 2.75) is 496 Å². The van der Waals surface area contributed by atoms with Crippen LogP contribution in [0.15, 0.2) is 0 Å². The summed E-state index contributed by atoms with van der Waals surface area (Å²) in [7, 11) is -9.93. The van der Waals surface area contributed by atoms with Crippen LogP contribution in [0.25, 0.3) is 0 Å². The Morgan fingerprint density at radius 1 is 0.262 bits per heavy atom. The molecular formula is C88H172O17P2. The van der Waals surface area contributed by atoms with Crippen LogP contribution in [0.5, 0.6) is 0 Å². The molecule has 0 rings (SSSR count). The lowest BCUT2D eigenvalue weighted by Crippen LogP contribution is -2.30. The summed E-state index contributed by atoms with van der Waals surface area (Å²) in [4.78, 5) is 73.3. The number of phosphoric ester groups is 2. The highest BCUT2D eigenvalue weighted by Gasteiger charge is 2.30. The summed E-state index contributed by atoms with van der Waals surface area (Å²) in [6.07, 6.45) is 74.9. The molecule has 0 aliphatic heterocycles. The normalized spacial score (nSPS) is 14.0. The van der Waals surface area contributed by atoms with Gasteiger partial charge in [-0.05, 0) is 31.6 Å². The minimum Gasteiger partial charge on any atom is -0.462 e. The summed E-state index contributed by atoms with van der Waals surface area (Å²) in [6, 6.07) is 0. The molecule has 0 saturated carbocycles. The van der Waals surface area contributed by atoms with Crippen molar-refractivity contribution in [1.82, 2.24) is 0 Å². The maximum absolute atomic E-state index is 13.2. The van der Waals surface area contributed by atoms with Crippen LogP contribution < -0.4 is 0 Å². The van der Waals surface area contributed by atoms with Crippen LogP contribution in [0.2, 0.25) is 0 Å². The number of unbranched alkanes of at least 4 members (excludes halogenated alkanes) is 59. The van der Waals surface area contributed by atoms with Crippen LogP contribution in [-0.4, -0.2) is 96.7 Å². The maximum atomic E-state index is 13.2. The Bertz CT molecular complexity index is 2030. The minimum atomic E-state index is -4.97. The van der Waals surface area contributed by atoms with Gasteiger partial charge in [0.25, 0.3) is 0 Å². The molecule has 0 heterocycles. The highest BCUT2D eigenvalue weighted by atomic mass is 31.2. The van der Waals surface area contributed by atoms with Gasteiger partial charge in [0, 0.05) is 25.7 Å². The molecule has 107 heavy (non-hydrogen) atoms. The first-order chi connectivity index (χ1) is 52.1. The van der Waals surface area contributed by atoms with E-state index >= 15 is 0 Å². The fraction of sp³-hybridized carbons (Fsp3) is 0.955. The first-order valence-electron chi connectivity index (χ1n) is 45.7. The van der Waals surface area contributed by atoms with Crippen LogP contribution >= 0.6 is 15.6 Å². The molecule has 0 aromatic heterocycles. The van der Waals surface area contributed by atoms with E-state index in [1.807, 2.05) is 0 Å². The Morgan fingerprint density at radius 2 is 0.449 bits per heavy atom. The van der Waals surface area contributed by atoms with E-state index in [-0.39, 0.29) is 25.7 Å². The van der Waals surface area contributed by atoms with Crippen LogP contribution in [0.3, 0.4) is 0 Å². The van der Waals surface area contributed by atoms with Gasteiger partial charge in [-0.25, -0.2) is 9.13 Å². The standard InChI is InChI=1S/C88H172O17P2/c1-6-10-13-16-19-22-25-28-30-31-32-36-39-43-47-52-57-62-67-72-86(91)99-78-84(105-88(93)74-69-64-59-54-49-44-40-37-34-33-35-38-41-45-50-55-60-65-70-81(5)9-4)80-103-107(96,97)101-76-82(89)75-100-106(94,95)102-79-83(77-98-85(90)71-66-61-56-51-46-27-24-21-18-15-12-8-3)104-87(92)73-68-63-58-53-48-42-29-26-23-20-17-14-11-7-2/h81-84,89H,6-80H2,1-5H3,(H,94,95)(H,96,97)/t81?,82-,83+,84+/m0/s1. The zero-order valence-electron chi connectivity index (χ0n) is 70.3. The molecule has 0 amide bonds. The van der Waals surface area contributed by atoms with Crippen molar-refractivity contribution in [2.24, 2.45) is 5.92 Å². The predicted octanol–water partition coefficient (Wildman–Crippen LogP) is 27.2. The Balaban J connectivity index is 5.23. The Morgan fingerprint density at radius 3 is 0.664 bits per heavy atom. The zero-order valence-corrected chi connectivity index (χ0v) is 72.1. The quantitative estimate of drug-likeness (QED) is 0.0222. The molecule has 0 aromatic rings. The smallest absolute Gasteiger partial charge is 0.462 e. The van der Waals surface area contributed by atoms with Gasteiger partial charge in [-0.2, -0.15) is 0 Å². The number of hydrogen-bond donors (Lipinski definition) is 3. The molecule has 0 aliphatic carbocycles. The van der Waals surface area contributed by atoms with Gasteiger partial charge >= 0.3 is 39.5 Å². The molecule has 0 aromatic carbocycles. The maximum Gasteiger partial charge on any atom is 0.472 e. The van der Waals surface area contributed by atoms with Gasteiger partial charge < -0.3 is 33.8 Å². The predicted molar refractivity (Wildman–Crippen MR) is 442 cm³/mol. The van der Waals surface area contributed by atoms with Gasteiger partial charge in [0.1, 0.15) is 19.3 Å². The lowest BCUT2D eigenvalue weighted by Gasteiger charge is -2.21. The molecule has 19 heteroatoms. The van der Waals surface area contributed by atoms with E-state index in [9.17, 15) is 43.2 Å². The second kappa shape index (κ2) is 80.7. The number of carbonyl (C=O) groups excluding carboxylic acids is 4. The first kappa shape index (κ1) is 105. The fourth-order valence-corrected chi connectivity index (χ4v) is 15.4. The number of hydrogen-bond acceptors (Lipinski definition) is 15. The lowest BCUT2D eigenvalue weighted by atomic mass is 9.99. The zero-order chi connectivity index (χ0) is 78.3. The largest absolute Gasteiger partial charge is 0.472 e. The number of phosphoric acid groups is 2. The number of esters is 4. The molecule has 6 atom stereocenters. The topological polar surface area (TPSA) is 237 Å². The third-order valence-corrected chi connectivity index (χ3v) is 23.0. The molecule has 17 nitrogen and oxygen atoms in total. The Kier molecular flexibility index (Phi) is 79.2. The third-order valence-electron chi connectivity index (χ3n) is 21.1. The number of rotatable bonds is 88. The van der Waals surface area contributed by atoms with Gasteiger partial charge in [-0.3, -0.25) is 37.3 Å². The average molecular weight is 1560 g/mol. The highest BCUT2D eigenvalue weighted by molar-refractivity contribution is 7.47. The van der Waals surface area contributed by atoms with Crippen molar-refractivity contribution >= 4 is 39.5 Å². The second-order valence-electron chi connectivity index (χ2n) is 31.9. The van der Waals surface area contributed by atoms with E-state index in [1.54, 1.807) is 0 Å². The number of carbonyl (C=O) groups is 4. The lowest BCUT2D eigenvalue weighted by molar-refractivity contribution is -0.161. The molecule has 3 unspecified atom stereocenters. The Labute approximate surface area is 658 Å². The fourth-order valence-electron chi connectivity index (χ4n) is 13.8. The number of ether oxygens (including phenoxy) is 4. The van der Waals surface area contributed by atoms with E-state index in [0.717, 1.165) is 95.8 Å². The molecule has 3 N–H and O–H groups in total. The van der Waals surface area contributed by atoms with Crippen LogP contribution in [0, 0.1) is 5.92 Å².